The molecule has 0 unspecified atom stereocenters. The van der Waals surface area contributed by atoms with Gasteiger partial charge in [0.05, 0.1) is 44.7 Å². The summed E-state index contributed by atoms with van der Waals surface area (Å²) in [6.07, 6.45) is -2.66. The van der Waals surface area contributed by atoms with Gasteiger partial charge in [-0.3, -0.25) is 4.79 Å². The average Bonchev–Trinajstić information content (AvgIpc) is 3.26. The number of nitrogens with one attached hydrogen (secondary N) is 1. The first kappa shape index (κ1) is 22.6. The molecule has 168 valence electrons. The summed E-state index contributed by atoms with van der Waals surface area (Å²) in [6.45, 7) is 1.47. The number of anilines is 2. The number of hydrogen-bond donors (Lipinski definition) is 1. The molecular formula is C22H25F3N2O4. The zero-order valence-corrected chi connectivity index (χ0v) is 17.6. The Balaban J connectivity index is 1.87. The van der Waals surface area contributed by atoms with Crippen molar-refractivity contribution < 1.29 is 32.2 Å². The molecule has 2 aromatic rings. The van der Waals surface area contributed by atoms with Crippen molar-refractivity contribution in [3.05, 3.63) is 41.5 Å². The molecule has 0 atom stereocenters. The number of carbonyl (C=O) groups is 1. The molecule has 6 nitrogen and oxygen atoms in total. The van der Waals surface area contributed by atoms with Crippen molar-refractivity contribution in [3.63, 3.8) is 0 Å². The predicted octanol–water partition coefficient (Wildman–Crippen LogP) is 4.51. The summed E-state index contributed by atoms with van der Waals surface area (Å²) < 4.78 is 55.6. The van der Waals surface area contributed by atoms with Crippen LogP contribution in [0.15, 0.2) is 30.3 Å². The molecule has 31 heavy (non-hydrogen) atoms. The molecule has 2 aromatic carbocycles. The highest BCUT2D eigenvalue weighted by atomic mass is 19.4. The van der Waals surface area contributed by atoms with Crippen LogP contribution in [-0.4, -0.2) is 40.3 Å². The van der Waals surface area contributed by atoms with Gasteiger partial charge in [-0.25, -0.2) is 0 Å². The fourth-order valence-electron chi connectivity index (χ4n) is 3.66. The topological polar surface area (TPSA) is 60.0 Å². The summed E-state index contributed by atoms with van der Waals surface area (Å²) in [6, 6.07) is 6.72. The molecule has 0 aliphatic carbocycles. The first-order valence-electron chi connectivity index (χ1n) is 9.81. The summed E-state index contributed by atoms with van der Waals surface area (Å²) in [5, 5.41) is 2.66. The number of alkyl halides is 3. The number of methoxy groups -OCH3 is 3. The highest BCUT2D eigenvalue weighted by molar-refractivity contribution is 5.96. The summed E-state index contributed by atoms with van der Waals surface area (Å²) in [5.41, 5.74) is 0.498. The van der Waals surface area contributed by atoms with Gasteiger partial charge in [0.1, 0.15) is 0 Å². The molecule has 1 aliphatic rings. The van der Waals surface area contributed by atoms with Crippen molar-refractivity contribution in [1.82, 2.24) is 0 Å². The van der Waals surface area contributed by atoms with E-state index >= 15 is 0 Å². The lowest BCUT2D eigenvalue weighted by Gasteiger charge is -2.23. The lowest BCUT2D eigenvalue weighted by atomic mass is 10.1. The second-order valence-electron chi connectivity index (χ2n) is 7.18. The third kappa shape index (κ3) is 5.15. The van der Waals surface area contributed by atoms with Crippen LogP contribution in [0.4, 0.5) is 24.5 Å². The van der Waals surface area contributed by atoms with E-state index in [1.807, 2.05) is 4.90 Å². The minimum Gasteiger partial charge on any atom is -0.493 e. The predicted molar refractivity (Wildman–Crippen MR) is 111 cm³/mol. The van der Waals surface area contributed by atoms with Gasteiger partial charge in [-0.1, -0.05) is 0 Å². The van der Waals surface area contributed by atoms with Gasteiger partial charge in [-0.15, -0.1) is 0 Å². The maximum Gasteiger partial charge on any atom is 0.416 e. The third-order valence-corrected chi connectivity index (χ3v) is 5.13. The quantitative estimate of drug-likeness (QED) is 0.689. The van der Waals surface area contributed by atoms with Gasteiger partial charge in [0.2, 0.25) is 11.7 Å². The van der Waals surface area contributed by atoms with E-state index in [0.29, 0.717) is 28.5 Å². The van der Waals surface area contributed by atoms with Crippen LogP contribution in [0.5, 0.6) is 17.2 Å². The fourth-order valence-corrected chi connectivity index (χ4v) is 3.66. The van der Waals surface area contributed by atoms with Crippen LogP contribution < -0.4 is 24.4 Å². The van der Waals surface area contributed by atoms with Gasteiger partial charge >= 0.3 is 6.18 Å². The normalized spacial score (nSPS) is 13.8. The molecule has 0 saturated carbocycles. The summed E-state index contributed by atoms with van der Waals surface area (Å²) in [4.78, 5) is 14.7. The number of nitrogens with zero attached hydrogens (tertiary/aromatic N) is 1. The number of rotatable bonds is 7. The molecule has 1 fully saturated rings. The molecule has 0 spiro atoms. The minimum atomic E-state index is -4.50. The highest BCUT2D eigenvalue weighted by Crippen LogP contribution is 2.39. The second-order valence-corrected chi connectivity index (χ2v) is 7.18. The van der Waals surface area contributed by atoms with E-state index in [9.17, 15) is 18.0 Å². The number of carbonyl (C=O) groups excluding carboxylic acids is 1. The van der Waals surface area contributed by atoms with Crippen LogP contribution >= 0.6 is 0 Å². The zero-order valence-electron chi connectivity index (χ0n) is 17.6. The standard InChI is InChI=1S/C22H25F3N2O4/c1-29-18-10-14(11-19(30-2)21(18)31-3)12-20(28)26-16-13-15(22(23,24)25)6-7-17(16)27-8-4-5-9-27/h6-7,10-11,13H,4-5,8-9,12H2,1-3H3,(H,26,28). The van der Waals surface area contributed by atoms with E-state index in [1.54, 1.807) is 12.1 Å². The van der Waals surface area contributed by atoms with Gasteiger partial charge in [0, 0.05) is 13.1 Å². The lowest BCUT2D eigenvalue weighted by Crippen LogP contribution is -2.22. The lowest BCUT2D eigenvalue weighted by molar-refractivity contribution is -0.137. The molecule has 0 radical (unpaired) electrons. The first-order valence-corrected chi connectivity index (χ1v) is 9.81. The molecule has 1 N–H and O–H groups in total. The van der Waals surface area contributed by atoms with Crippen molar-refractivity contribution in [2.45, 2.75) is 25.4 Å². The fraction of sp³-hybridized carbons (Fsp3) is 0.409. The smallest absolute Gasteiger partial charge is 0.416 e. The molecule has 3 rings (SSSR count). The third-order valence-electron chi connectivity index (χ3n) is 5.13. The van der Waals surface area contributed by atoms with Crippen LogP contribution in [0.1, 0.15) is 24.0 Å². The van der Waals surface area contributed by atoms with Gasteiger partial charge in [0.25, 0.3) is 0 Å². The Morgan fingerprint density at radius 2 is 1.61 bits per heavy atom. The van der Waals surface area contributed by atoms with E-state index in [4.69, 9.17) is 14.2 Å². The van der Waals surface area contributed by atoms with E-state index in [0.717, 1.165) is 38.1 Å². The van der Waals surface area contributed by atoms with Crippen molar-refractivity contribution in [3.8, 4) is 17.2 Å². The van der Waals surface area contributed by atoms with E-state index < -0.39 is 17.6 Å². The molecule has 9 heteroatoms. The Morgan fingerprint density at radius 3 is 2.13 bits per heavy atom. The van der Waals surface area contributed by atoms with Gasteiger partial charge in [0.15, 0.2) is 11.5 Å². The molecular weight excluding hydrogens is 413 g/mol. The first-order chi connectivity index (χ1) is 14.8. The van der Waals surface area contributed by atoms with Crippen LogP contribution in [0.2, 0.25) is 0 Å². The molecule has 1 amide bonds. The van der Waals surface area contributed by atoms with Crippen LogP contribution in [0, 0.1) is 0 Å². The Hall–Kier alpha value is -3.10. The summed E-state index contributed by atoms with van der Waals surface area (Å²) in [7, 11) is 4.40. The Labute approximate surface area is 178 Å². The van der Waals surface area contributed by atoms with Gasteiger partial charge < -0.3 is 24.4 Å². The van der Waals surface area contributed by atoms with Gasteiger partial charge in [-0.05, 0) is 48.7 Å². The van der Waals surface area contributed by atoms with E-state index in [-0.39, 0.29) is 12.1 Å². The van der Waals surface area contributed by atoms with Crippen LogP contribution in [-0.2, 0) is 17.4 Å². The number of ether oxygens (including phenoxy) is 3. The molecule has 1 aliphatic heterocycles. The van der Waals surface area contributed by atoms with Gasteiger partial charge in [-0.2, -0.15) is 13.2 Å². The SMILES string of the molecule is COc1cc(CC(=O)Nc2cc(C(F)(F)F)ccc2N2CCCC2)cc(OC)c1OC. The monoisotopic (exact) mass is 438 g/mol. The highest BCUT2D eigenvalue weighted by Gasteiger charge is 2.32. The second kappa shape index (κ2) is 9.36. The van der Waals surface area contributed by atoms with Crippen LogP contribution in [0.3, 0.4) is 0 Å². The zero-order chi connectivity index (χ0) is 22.6. The number of amides is 1. The van der Waals surface area contributed by atoms with E-state index in [2.05, 4.69) is 5.32 Å². The maximum absolute atomic E-state index is 13.2. The summed E-state index contributed by atoms with van der Waals surface area (Å²) >= 11 is 0. The largest absolute Gasteiger partial charge is 0.493 e. The molecule has 1 heterocycles. The Kier molecular flexibility index (Phi) is 6.82. The maximum atomic E-state index is 13.2. The number of hydrogen-bond acceptors (Lipinski definition) is 5. The molecule has 0 bridgehead atoms. The number of benzene rings is 2. The average molecular weight is 438 g/mol. The van der Waals surface area contributed by atoms with Crippen molar-refractivity contribution in [2.75, 3.05) is 44.6 Å². The van der Waals surface area contributed by atoms with Crippen LogP contribution in [0.25, 0.3) is 0 Å². The Morgan fingerprint density at radius 1 is 1.00 bits per heavy atom. The van der Waals surface area contributed by atoms with Crippen molar-refractivity contribution >= 4 is 17.3 Å². The van der Waals surface area contributed by atoms with E-state index in [1.165, 1.54) is 27.4 Å². The summed E-state index contributed by atoms with van der Waals surface area (Å²) in [5.74, 6) is 0.723. The number of halogens is 3. The van der Waals surface area contributed by atoms with Crippen molar-refractivity contribution in [1.29, 1.82) is 0 Å². The van der Waals surface area contributed by atoms with Crippen molar-refractivity contribution in [2.24, 2.45) is 0 Å². The molecule has 1 saturated heterocycles. The molecule has 0 aromatic heterocycles. The Bertz CT molecular complexity index is 916. The minimum absolute atomic E-state index is 0.0770.